The van der Waals surface area contributed by atoms with E-state index < -0.39 is 11.8 Å². The van der Waals surface area contributed by atoms with Crippen LogP contribution < -0.4 is 10.6 Å². The number of benzene rings is 1. The van der Waals surface area contributed by atoms with Crippen LogP contribution in [-0.2, 0) is 9.59 Å². The quantitative estimate of drug-likeness (QED) is 0.905. The number of hydrogen-bond donors (Lipinski definition) is 1. The molecule has 1 aromatic carbocycles. The number of primary amides is 1. The lowest BCUT2D eigenvalue weighted by Crippen LogP contribution is -2.46. The van der Waals surface area contributed by atoms with Gasteiger partial charge in [0.2, 0.25) is 11.8 Å². The molecule has 1 aromatic rings. The zero-order chi connectivity index (χ0) is 15.0. The van der Waals surface area contributed by atoms with Crippen LogP contribution >= 0.6 is 0 Å². The maximum Gasteiger partial charge on any atom is 0.235 e. The van der Waals surface area contributed by atoms with Crippen LogP contribution in [0.4, 0.5) is 5.69 Å². The molecule has 2 amide bonds. The number of rotatable bonds is 3. The Morgan fingerprint density at radius 1 is 1.29 bits per heavy atom. The number of carbonyl (C=O) groups is 2. The first kappa shape index (κ1) is 14.1. The summed E-state index contributed by atoms with van der Waals surface area (Å²) in [5, 5.41) is 0. The molecule has 0 aliphatic carbocycles. The first-order chi connectivity index (χ1) is 10.1. The van der Waals surface area contributed by atoms with Gasteiger partial charge >= 0.3 is 0 Å². The van der Waals surface area contributed by atoms with Gasteiger partial charge in [0.25, 0.3) is 0 Å². The molecule has 21 heavy (non-hydrogen) atoms. The lowest BCUT2D eigenvalue weighted by Gasteiger charge is -2.35. The third-order valence-electron chi connectivity index (χ3n) is 4.57. The Morgan fingerprint density at radius 3 is 2.62 bits per heavy atom. The second-order valence-electron chi connectivity index (χ2n) is 6.02. The summed E-state index contributed by atoms with van der Waals surface area (Å²) >= 11 is 0. The lowest BCUT2D eigenvalue weighted by molar-refractivity contribution is -0.124. The van der Waals surface area contributed by atoms with E-state index in [2.05, 4.69) is 11.9 Å². The van der Waals surface area contributed by atoms with Crippen LogP contribution in [-0.4, -0.2) is 42.9 Å². The van der Waals surface area contributed by atoms with E-state index in [1.54, 1.807) is 0 Å². The highest BCUT2D eigenvalue weighted by atomic mass is 16.2. The number of hydrogen-bond acceptors (Lipinski definition) is 3. The van der Waals surface area contributed by atoms with E-state index in [1.165, 1.54) is 0 Å². The highest BCUT2D eigenvalue weighted by Crippen LogP contribution is 2.41. The van der Waals surface area contributed by atoms with Crippen molar-refractivity contribution in [2.24, 2.45) is 5.73 Å². The molecule has 2 heterocycles. The molecule has 2 N–H and O–H groups in total. The van der Waals surface area contributed by atoms with E-state index >= 15 is 0 Å². The van der Waals surface area contributed by atoms with E-state index in [-0.39, 0.29) is 18.4 Å². The van der Waals surface area contributed by atoms with Gasteiger partial charge in [0.05, 0.1) is 5.92 Å². The van der Waals surface area contributed by atoms with Crippen LogP contribution in [0.25, 0.3) is 0 Å². The highest BCUT2D eigenvalue weighted by Gasteiger charge is 2.41. The molecule has 2 aliphatic rings. The number of amides is 2. The monoisotopic (exact) mass is 287 g/mol. The summed E-state index contributed by atoms with van der Waals surface area (Å²) in [5.41, 5.74) is 7.22. The molecule has 3 rings (SSSR count). The van der Waals surface area contributed by atoms with Crippen molar-refractivity contribution in [2.75, 3.05) is 25.0 Å². The topological polar surface area (TPSA) is 66.6 Å². The van der Waals surface area contributed by atoms with Crippen molar-refractivity contribution in [2.45, 2.75) is 31.2 Å². The smallest absolute Gasteiger partial charge is 0.235 e. The standard InChI is InChI=1S/C16H21N3O2/c1-18-8-6-11(7-9-18)19-14-5-3-2-4-12(14)13(16(19)21)10-15(17)20/h2-5,11,13H,6-10H2,1H3,(H2,17,20). The van der Waals surface area contributed by atoms with Gasteiger partial charge < -0.3 is 15.5 Å². The second kappa shape index (κ2) is 5.48. The molecule has 0 saturated carbocycles. The lowest BCUT2D eigenvalue weighted by atomic mass is 9.97. The number of nitrogens with two attached hydrogens (primary N) is 1. The maximum absolute atomic E-state index is 12.8. The van der Waals surface area contributed by atoms with Gasteiger partial charge in [-0.1, -0.05) is 18.2 Å². The molecule has 5 heteroatoms. The number of piperidine rings is 1. The van der Waals surface area contributed by atoms with Gasteiger partial charge in [-0.25, -0.2) is 0 Å². The summed E-state index contributed by atoms with van der Waals surface area (Å²) in [6.45, 7) is 1.99. The zero-order valence-corrected chi connectivity index (χ0v) is 12.3. The Balaban J connectivity index is 1.91. The summed E-state index contributed by atoms with van der Waals surface area (Å²) in [4.78, 5) is 28.3. The van der Waals surface area contributed by atoms with Crippen molar-refractivity contribution in [1.82, 2.24) is 4.90 Å². The second-order valence-corrected chi connectivity index (χ2v) is 6.02. The summed E-state index contributed by atoms with van der Waals surface area (Å²) in [7, 11) is 2.10. The van der Waals surface area contributed by atoms with Crippen LogP contribution in [0, 0.1) is 0 Å². The molecule has 1 atom stereocenters. The van der Waals surface area contributed by atoms with Crippen molar-refractivity contribution >= 4 is 17.5 Å². The number of carbonyl (C=O) groups excluding carboxylic acids is 2. The number of likely N-dealkylation sites (tertiary alicyclic amines) is 1. The van der Waals surface area contributed by atoms with Crippen molar-refractivity contribution in [3.05, 3.63) is 29.8 Å². The molecule has 112 valence electrons. The molecule has 0 spiro atoms. The van der Waals surface area contributed by atoms with Crippen LogP contribution in [0.15, 0.2) is 24.3 Å². The molecule has 1 fully saturated rings. The van der Waals surface area contributed by atoms with Gasteiger partial charge in [0.1, 0.15) is 0 Å². The van der Waals surface area contributed by atoms with Gasteiger partial charge in [-0.3, -0.25) is 9.59 Å². The Hall–Kier alpha value is -1.88. The van der Waals surface area contributed by atoms with Crippen LogP contribution in [0.2, 0.25) is 0 Å². The van der Waals surface area contributed by atoms with Crippen molar-refractivity contribution in [1.29, 1.82) is 0 Å². The zero-order valence-electron chi connectivity index (χ0n) is 12.3. The van der Waals surface area contributed by atoms with Crippen molar-refractivity contribution < 1.29 is 9.59 Å². The highest BCUT2D eigenvalue weighted by molar-refractivity contribution is 6.07. The summed E-state index contributed by atoms with van der Waals surface area (Å²) in [6, 6.07) is 8.01. The molecular formula is C16H21N3O2. The molecule has 0 radical (unpaired) electrons. The van der Waals surface area contributed by atoms with Gasteiger partial charge in [-0.15, -0.1) is 0 Å². The predicted molar refractivity (Wildman–Crippen MR) is 81.0 cm³/mol. The minimum Gasteiger partial charge on any atom is -0.370 e. The van der Waals surface area contributed by atoms with E-state index in [4.69, 9.17) is 5.73 Å². The number of para-hydroxylation sites is 1. The molecular weight excluding hydrogens is 266 g/mol. The molecule has 2 aliphatic heterocycles. The van der Waals surface area contributed by atoms with E-state index in [1.807, 2.05) is 29.2 Å². The molecule has 0 bridgehead atoms. The van der Waals surface area contributed by atoms with Crippen LogP contribution in [0.1, 0.15) is 30.7 Å². The molecule has 1 unspecified atom stereocenters. The summed E-state index contributed by atoms with van der Waals surface area (Å²) in [5.74, 6) is -0.795. The van der Waals surface area contributed by atoms with E-state index in [9.17, 15) is 9.59 Å². The number of nitrogens with zero attached hydrogens (tertiary/aromatic N) is 2. The normalized spacial score (nSPS) is 23.4. The Bertz CT molecular complexity index is 564. The Labute approximate surface area is 124 Å². The average Bonchev–Trinajstić information content (AvgIpc) is 2.73. The van der Waals surface area contributed by atoms with Crippen LogP contribution in [0.5, 0.6) is 0 Å². The van der Waals surface area contributed by atoms with Gasteiger partial charge in [0.15, 0.2) is 0 Å². The van der Waals surface area contributed by atoms with E-state index in [0.717, 1.165) is 37.2 Å². The number of anilines is 1. The largest absolute Gasteiger partial charge is 0.370 e. The third kappa shape index (κ3) is 2.53. The van der Waals surface area contributed by atoms with Gasteiger partial charge in [0, 0.05) is 18.2 Å². The predicted octanol–water partition coefficient (Wildman–Crippen LogP) is 1.09. The summed E-state index contributed by atoms with van der Waals surface area (Å²) < 4.78 is 0. The van der Waals surface area contributed by atoms with Gasteiger partial charge in [-0.2, -0.15) is 0 Å². The molecule has 5 nitrogen and oxygen atoms in total. The van der Waals surface area contributed by atoms with Crippen LogP contribution in [0.3, 0.4) is 0 Å². The maximum atomic E-state index is 12.8. The minimum atomic E-state index is -0.423. The van der Waals surface area contributed by atoms with Crippen molar-refractivity contribution in [3.8, 4) is 0 Å². The number of fused-ring (bicyclic) bond motifs is 1. The molecule has 1 saturated heterocycles. The van der Waals surface area contributed by atoms with Gasteiger partial charge in [-0.05, 0) is 44.6 Å². The molecule has 0 aromatic heterocycles. The third-order valence-corrected chi connectivity index (χ3v) is 4.57. The van der Waals surface area contributed by atoms with Crippen molar-refractivity contribution in [3.63, 3.8) is 0 Å². The fraction of sp³-hybridized carbons (Fsp3) is 0.500. The minimum absolute atomic E-state index is 0.0320. The SMILES string of the molecule is CN1CCC(N2C(=O)C(CC(N)=O)c3ccccc32)CC1. The summed E-state index contributed by atoms with van der Waals surface area (Å²) in [6.07, 6.45) is 2.04. The fourth-order valence-electron chi connectivity index (χ4n) is 3.45. The average molecular weight is 287 g/mol. The first-order valence-corrected chi connectivity index (χ1v) is 7.47. The van der Waals surface area contributed by atoms with E-state index in [0.29, 0.717) is 0 Å². The Kier molecular flexibility index (Phi) is 3.68. The first-order valence-electron chi connectivity index (χ1n) is 7.47. The Morgan fingerprint density at radius 2 is 1.95 bits per heavy atom. The fourth-order valence-corrected chi connectivity index (χ4v) is 3.45.